The van der Waals surface area contributed by atoms with Crippen molar-refractivity contribution in [1.82, 2.24) is 10.3 Å². The van der Waals surface area contributed by atoms with E-state index in [9.17, 15) is 9.59 Å². The summed E-state index contributed by atoms with van der Waals surface area (Å²) in [4.78, 5) is 30.9. The molecule has 3 rings (SSSR count). The van der Waals surface area contributed by atoms with Gasteiger partial charge in [0, 0.05) is 14.1 Å². The second-order valence-electron chi connectivity index (χ2n) is 6.89. The van der Waals surface area contributed by atoms with Gasteiger partial charge in [-0.2, -0.15) is 0 Å². The predicted molar refractivity (Wildman–Crippen MR) is 112 cm³/mol. The van der Waals surface area contributed by atoms with Gasteiger partial charge in [0.15, 0.2) is 0 Å². The van der Waals surface area contributed by atoms with Gasteiger partial charge in [0.2, 0.25) is 11.8 Å². The van der Waals surface area contributed by atoms with Gasteiger partial charge in [-0.15, -0.1) is 0 Å². The van der Waals surface area contributed by atoms with Crippen molar-refractivity contribution in [3.8, 4) is 0 Å². The number of anilines is 2. The summed E-state index contributed by atoms with van der Waals surface area (Å²) < 4.78 is 0. The minimum Gasteiger partial charge on any atom is -0.363 e. The number of benzene rings is 2. The van der Waals surface area contributed by atoms with E-state index in [1.54, 1.807) is 19.2 Å². The molecular weight excluding hydrogens is 352 g/mol. The van der Waals surface area contributed by atoms with Gasteiger partial charge in [-0.05, 0) is 35.4 Å². The maximum absolute atomic E-state index is 12.4. The van der Waals surface area contributed by atoms with E-state index in [-0.39, 0.29) is 18.2 Å². The van der Waals surface area contributed by atoms with Crippen LogP contribution in [-0.2, 0) is 16.0 Å². The number of nitrogens with one attached hydrogen (secondary N) is 2. The average molecular weight is 376 g/mol. The largest absolute Gasteiger partial charge is 0.363 e. The van der Waals surface area contributed by atoms with E-state index in [1.165, 1.54) is 0 Å². The Morgan fingerprint density at radius 1 is 1.04 bits per heavy atom. The maximum atomic E-state index is 12.4. The summed E-state index contributed by atoms with van der Waals surface area (Å²) in [6.45, 7) is 1.66. The Bertz CT molecular complexity index is 978. The van der Waals surface area contributed by atoms with Gasteiger partial charge in [0.05, 0.1) is 18.3 Å². The molecule has 28 heavy (non-hydrogen) atoms. The zero-order valence-corrected chi connectivity index (χ0v) is 16.3. The van der Waals surface area contributed by atoms with Gasteiger partial charge >= 0.3 is 0 Å². The number of hydrogen-bond donors (Lipinski definition) is 2. The molecular formula is C22H24N4O2. The van der Waals surface area contributed by atoms with Crippen molar-refractivity contribution in [1.29, 1.82) is 0 Å². The molecule has 0 saturated heterocycles. The van der Waals surface area contributed by atoms with Crippen LogP contribution >= 0.6 is 0 Å². The number of fused-ring (bicyclic) bond motifs is 1. The van der Waals surface area contributed by atoms with Crippen LogP contribution in [0.5, 0.6) is 0 Å². The molecule has 0 aliphatic carbocycles. The Morgan fingerprint density at radius 2 is 1.79 bits per heavy atom. The fourth-order valence-corrected chi connectivity index (χ4v) is 2.95. The second kappa shape index (κ2) is 8.52. The highest BCUT2D eigenvalue weighted by Gasteiger charge is 2.17. The van der Waals surface area contributed by atoms with Crippen molar-refractivity contribution in [2.75, 3.05) is 24.3 Å². The summed E-state index contributed by atoms with van der Waals surface area (Å²) in [7, 11) is 3.79. The van der Waals surface area contributed by atoms with Crippen LogP contribution in [0.15, 0.2) is 60.8 Å². The number of nitrogens with zero attached hydrogens (tertiary/aromatic N) is 2. The molecule has 0 bridgehead atoms. The molecule has 0 aliphatic heterocycles. The zero-order valence-electron chi connectivity index (χ0n) is 16.3. The minimum absolute atomic E-state index is 0.194. The van der Waals surface area contributed by atoms with Crippen molar-refractivity contribution >= 4 is 34.1 Å². The highest BCUT2D eigenvalue weighted by Crippen LogP contribution is 2.19. The van der Waals surface area contributed by atoms with Gasteiger partial charge in [-0.1, -0.05) is 42.5 Å². The van der Waals surface area contributed by atoms with Gasteiger partial charge < -0.3 is 15.5 Å². The van der Waals surface area contributed by atoms with E-state index < -0.39 is 6.04 Å². The van der Waals surface area contributed by atoms with Crippen molar-refractivity contribution in [2.24, 2.45) is 0 Å². The summed E-state index contributed by atoms with van der Waals surface area (Å²) in [6, 6.07) is 16.8. The Balaban J connectivity index is 1.59. The molecule has 144 valence electrons. The van der Waals surface area contributed by atoms with Crippen molar-refractivity contribution in [3.63, 3.8) is 0 Å². The third-order valence-corrected chi connectivity index (χ3v) is 4.48. The standard InChI is InChI=1S/C22H24N4O2/c1-15(22(28)25-18-11-12-20(23-14-18)26(2)3)24-21(27)13-17-9-6-8-16-7-4-5-10-19(16)17/h4-12,14-15H,13H2,1-3H3,(H,24,27)(H,25,28). The molecule has 0 radical (unpaired) electrons. The quantitative estimate of drug-likeness (QED) is 0.694. The molecule has 6 heteroatoms. The van der Waals surface area contributed by atoms with Gasteiger partial charge in [0.1, 0.15) is 11.9 Å². The molecule has 2 N–H and O–H groups in total. The minimum atomic E-state index is -0.656. The Kier molecular flexibility index (Phi) is 5.89. The van der Waals surface area contributed by atoms with E-state index >= 15 is 0 Å². The topological polar surface area (TPSA) is 74.3 Å². The lowest BCUT2D eigenvalue weighted by molar-refractivity contribution is -0.125. The number of rotatable bonds is 6. The van der Waals surface area contributed by atoms with Gasteiger partial charge in [-0.3, -0.25) is 9.59 Å². The van der Waals surface area contributed by atoms with E-state index in [1.807, 2.05) is 67.5 Å². The molecule has 1 atom stereocenters. The number of aromatic nitrogens is 1. The molecule has 0 spiro atoms. The number of hydrogen-bond acceptors (Lipinski definition) is 4. The first-order valence-corrected chi connectivity index (χ1v) is 9.14. The molecule has 2 amide bonds. The van der Waals surface area contributed by atoms with Crippen molar-refractivity contribution in [3.05, 3.63) is 66.4 Å². The predicted octanol–water partition coefficient (Wildman–Crippen LogP) is 2.99. The van der Waals surface area contributed by atoms with Crippen LogP contribution in [0.25, 0.3) is 10.8 Å². The summed E-state index contributed by atoms with van der Waals surface area (Å²) >= 11 is 0. The van der Waals surface area contributed by atoms with Crippen LogP contribution in [0.1, 0.15) is 12.5 Å². The van der Waals surface area contributed by atoms with Crippen molar-refractivity contribution < 1.29 is 9.59 Å². The first kappa shape index (κ1) is 19.4. The van der Waals surface area contributed by atoms with Crippen LogP contribution < -0.4 is 15.5 Å². The lowest BCUT2D eigenvalue weighted by Crippen LogP contribution is -2.42. The van der Waals surface area contributed by atoms with Gasteiger partial charge in [-0.25, -0.2) is 4.98 Å². The third-order valence-electron chi connectivity index (χ3n) is 4.48. The Hall–Kier alpha value is -3.41. The Labute approximate surface area is 164 Å². The van der Waals surface area contributed by atoms with Gasteiger partial charge in [0.25, 0.3) is 0 Å². The number of carbonyl (C=O) groups excluding carboxylic acids is 2. The van der Waals surface area contributed by atoms with E-state index in [0.717, 1.165) is 22.2 Å². The summed E-state index contributed by atoms with van der Waals surface area (Å²) in [5, 5.41) is 7.67. The highest BCUT2D eigenvalue weighted by molar-refractivity contribution is 5.97. The number of carbonyl (C=O) groups is 2. The lowest BCUT2D eigenvalue weighted by Gasteiger charge is -2.15. The first-order chi connectivity index (χ1) is 13.4. The number of amides is 2. The van der Waals surface area contributed by atoms with Crippen LogP contribution in [-0.4, -0.2) is 36.9 Å². The Morgan fingerprint density at radius 3 is 2.50 bits per heavy atom. The summed E-state index contributed by atoms with van der Waals surface area (Å²) in [5.41, 5.74) is 1.53. The average Bonchev–Trinajstić information content (AvgIpc) is 2.68. The van der Waals surface area contributed by atoms with Crippen LogP contribution in [0, 0.1) is 0 Å². The number of pyridine rings is 1. The molecule has 0 fully saturated rings. The first-order valence-electron chi connectivity index (χ1n) is 9.14. The highest BCUT2D eigenvalue weighted by atomic mass is 16.2. The molecule has 0 saturated carbocycles. The fraction of sp³-hybridized carbons (Fsp3) is 0.227. The molecule has 2 aromatic carbocycles. The zero-order chi connectivity index (χ0) is 20.1. The van der Waals surface area contributed by atoms with Crippen LogP contribution in [0.2, 0.25) is 0 Å². The summed E-state index contributed by atoms with van der Waals surface area (Å²) in [6.07, 6.45) is 1.82. The van der Waals surface area contributed by atoms with E-state index in [4.69, 9.17) is 0 Å². The molecule has 6 nitrogen and oxygen atoms in total. The smallest absolute Gasteiger partial charge is 0.246 e. The van der Waals surface area contributed by atoms with E-state index in [0.29, 0.717) is 5.69 Å². The summed E-state index contributed by atoms with van der Waals surface area (Å²) in [5.74, 6) is 0.320. The molecule has 0 aliphatic rings. The normalized spacial score (nSPS) is 11.7. The third kappa shape index (κ3) is 4.65. The van der Waals surface area contributed by atoms with Crippen molar-refractivity contribution in [2.45, 2.75) is 19.4 Å². The van der Waals surface area contributed by atoms with Crippen LogP contribution in [0.4, 0.5) is 11.5 Å². The van der Waals surface area contributed by atoms with E-state index in [2.05, 4.69) is 15.6 Å². The molecule has 3 aromatic rings. The lowest BCUT2D eigenvalue weighted by atomic mass is 10.0. The van der Waals surface area contributed by atoms with Crippen LogP contribution in [0.3, 0.4) is 0 Å². The molecule has 1 heterocycles. The molecule has 1 unspecified atom stereocenters. The SMILES string of the molecule is CC(NC(=O)Cc1cccc2ccccc12)C(=O)Nc1ccc(N(C)C)nc1. The molecule has 1 aromatic heterocycles. The fourth-order valence-electron chi connectivity index (χ4n) is 2.95. The maximum Gasteiger partial charge on any atom is 0.246 e. The monoisotopic (exact) mass is 376 g/mol. The second-order valence-corrected chi connectivity index (χ2v) is 6.89.